The summed E-state index contributed by atoms with van der Waals surface area (Å²) in [5.74, 6) is 3.04. The van der Waals surface area contributed by atoms with Gasteiger partial charge in [0, 0.05) is 25.0 Å². The molecule has 0 saturated carbocycles. The van der Waals surface area contributed by atoms with Crippen molar-refractivity contribution in [2.45, 2.75) is 19.9 Å². The van der Waals surface area contributed by atoms with Gasteiger partial charge in [0.2, 0.25) is 5.95 Å². The number of ether oxygens (including phenoxy) is 2. The Balaban J connectivity index is 1.55. The highest BCUT2D eigenvalue weighted by Gasteiger charge is 2.20. The van der Waals surface area contributed by atoms with Gasteiger partial charge >= 0.3 is 0 Å². The minimum absolute atomic E-state index is 0.597. The summed E-state index contributed by atoms with van der Waals surface area (Å²) < 4.78 is 10.9. The van der Waals surface area contributed by atoms with E-state index in [0.29, 0.717) is 5.95 Å². The van der Waals surface area contributed by atoms with Gasteiger partial charge in [-0.15, -0.1) is 0 Å². The standard InChI is InChI=1S/C22H24N4O2/c1-15-4-6-18(7-5-15)24-22-23-10-8-21(25-22)26-11-9-16-12-19(27-2)20(28-3)13-17(16)14-26/h4-8,10,12-13H,9,11,14H2,1-3H3,(H,23,24,25). The topological polar surface area (TPSA) is 59.5 Å². The van der Waals surface area contributed by atoms with E-state index in [4.69, 9.17) is 14.5 Å². The zero-order chi connectivity index (χ0) is 19.5. The predicted octanol–water partition coefficient (Wildman–Crippen LogP) is 4.11. The number of anilines is 3. The van der Waals surface area contributed by atoms with Gasteiger partial charge < -0.3 is 19.7 Å². The second-order valence-corrected chi connectivity index (χ2v) is 6.88. The Labute approximate surface area is 165 Å². The van der Waals surface area contributed by atoms with Gasteiger partial charge in [0.15, 0.2) is 11.5 Å². The summed E-state index contributed by atoms with van der Waals surface area (Å²) >= 11 is 0. The molecule has 0 atom stereocenters. The average molecular weight is 376 g/mol. The van der Waals surface area contributed by atoms with Crippen molar-refractivity contribution in [3.05, 3.63) is 65.4 Å². The highest BCUT2D eigenvalue weighted by atomic mass is 16.5. The molecule has 6 heteroatoms. The predicted molar refractivity (Wildman–Crippen MR) is 111 cm³/mol. The molecule has 1 N–H and O–H groups in total. The third-order valence-corrected chi connectivity index (χ3v) is 4.99. The van der Waals surface area contributed by atoms with Gasteiger partial charge in [-0.25, -0.2) is 4.98 Å². The van der Waals surface area contributed by atoms with Crippen LogP contribution in [0.5, 0.6) is 11.5 Å². The number of methoxy groups -OCH3 is 2. The molecule has 0 aliphatic carbocycles. The lowest BCUT2D eigenvalue weighted by Crippen LogP contribution is -2.31. The summed E-state index contributed by atoms with van der Waals surface area (Å²) in [7, 11) is 3.33. The summed E-state index contributed by atoms with van der Waals surface area (Å²) in [5.41, 5.74) is 4.72. The van der Waals surface area contributed by atoms with Crippen LogP contribution in [-0.4, -0.2) is 30.7 Å². The van der Waals surface area contributed by atoms with Gasteiger partial charge in [0.1, 0.15) is 5.82 Å². The molecule has 0 radical (unpaired) electrons. The van der Waals surface area contributed by atoms with E-state index in [2.05, 4.69) is 46.4 Å². The number of rotatable bonds is 5. The number of nitrogens with one attached hydrogen (secondary N) is 1. The molecule has 1 aliphatic heterocycles. The molecule has 3 aromatic rings. The van der Waals surface area contributed by atoms with E-state index >= 15 is 0 Å². The number of hydrogen-bond acceptors (Lipinski definition) is 6. The SMILES string of the molecule is COc1cc2c(cc1OC)CN(c1ccnc(Nc3ccc(C)cc3)n1)CC2. The fourth-order valence-corrected chi connectivity index (χ4v) is 3.43. The molecular formula is C22H24N4O2. The van der Waals surface area contributed by atoms with Crippen molar-refractivity contribution in [3.8, 4) is 11.5 Å². The molecule has 2 heterocycles. The van der Waals surface area contributed by atoms with E-state index in [0.717, 1.165) is 42.5 Å². The summed E-state index contributed by atoms with van der Waals surface area (Å²) in [6.07, 6.45) is 2.73. The zero-order valence-electron chi connectivity index (χ0n) is 16.4. The summed E-state index contributed by atoms with van der Waals surface area (Å²) in [6, 6.07) is 14.3. The molecule has 0 spiro atoms. The normalized spacial score (nSPS) is 13.0. The van der Waals surface area contributed by atoms with Gasteiger partial charge in [0.05, 0.1) is 14.2 Å². The van der Waals surface area contributed by atoms with Crippen LogP contribution in [0.3, 0.4) is 0 Å². The smallest absolute Gasteiger partial charge is 0.229 e. The Morgan fingerprint density at radius 2 is 1.68 bits per heavy atom. The third kappa shape index (κ3) is 3.71. The average Bonchev–Trinajstić information content (AvgIpc) is 2.74. The van der Waals surface area contributed by atoms with Crippen molar-refractivity contribution in [1.29, 1.82) is 0 Å². The summed E-state index contributed by atoms with van der Waals surface area (Å²) in [5, 5.41) is 3.28. The Morgan fingerprint density at radius 3 is 2.39 bits per heavy atom. The number of hydrogen-bond donors (Lipinski definition) is 1. The number of benzene rings is 2. The maximum absolute atomic E-state index is 5.46. The quantitative estimate of drug-likeness (QED) is 0.723. The molecule has 0 fully saturated rings. The van der Waals surface area contributed by atoms with Crippen LogP contribution in [0.1, 0.15) is 16.7 Å². The second kappa shape index (κ2) is 7.76. The largest absolute Gasteiger partial charge is 0.493 e. The molecular weight excluding hydrogens is 352 g/mol. The minimum atomic E-state index is 0.597. The van der Waals surface area contributed by atoms with Crippen LogP contribution < -0.4 is 19.7 Å². The number of nitrogens with zero attached hydrogens (tertiary/aromatic N) is 3. The first-order valence-electron chi connectivity index (χ1n) is 9.32. The van der Waals surface area contributed by atoms with Crippen molar-refractivity contribution in [1.82, 2.24) is 9.97 Å². The minimum Gasteiger partial charge on any atom is -0.493 e. The van der Waals surface area contributed by atoms with E-state index in [-0.39, 0.29) is 0 Å². The van der Waals surface area contributed by atoms with E-state index in [1.54, 1.807) is 20.4 Å². The van der Waals surface area contributed by atoms with Crippen LogP contribution in [0.2, 0.25) is 0 Å². The first-order chi connectivity index (χ1) is 13.7. The van der Waals surface area contributed by atoms with Crippen molar-refractivity contribution < 1.29 is 9.47 Å². The highest BCUT2D eigenvalue weighted by Crippen LogP contribution is 2.34. The number of aromatic nitrogens is 2. The molecule has 2 aromatic carbocycles. The van der Waals surface area contributed by atoms with Crippen LogP contribution in [0.15, 0.2) is 48.7 Å². The first kappa shape index (κ1) is 18.1. The van der Waals surface area contributed by atoms with Crippen LogP contribution in [-0.2, 0) is 13.0 Å². The lowest BCUT2D eigenvalue weighted by molar-refractivity contribution is 0.353. The molecule has 0 amide bonds. The molecule has 0 bridgehead atoms. The molecule has 0 saturated heterocycles. The van der Waals surface area contributed by atoms with Crippen molar-refractivity contribution in [2.24, 2.45) is 0 Å². The lowest BCUT2D eigenvalue weighted by atomic mass is 9.99. The molecule has 0 unspecified atom stereocenters. The van der Waals surface area contributed by atoms with E-state index in [1.807, 2.05) is 18.2 Å². The zero-order valence-corrected chi connectivity index (χ0v) is 16.4. The summed E-state index contributed by atoms with van der Waals surface area (Å²) in [4.78, 5) is 11.3. The Hall–Kier alpha value is -3.28. The lowest BCUT2D eigenvalue weighted by Gasteiger charge is -2.30. The van der Waals surface area contributed by atoms with Crippen molar-refractivity contribution >= 4 is 17.5 Å². The molecule has 144 valence electrons. The first-order valence-corrected chi connectivity index (χ1v) is 9.32. The summed E-state index contributed by atoms with van der Waals surface area (Å²) in [6.45, 7) is 3.74. The Bertz CT molecular complexity index is 973. The fraction of sp³-hybridized carbons (Fsp3) is 0.273. The van der Waals surface area contributed by atoms with Crippen LogP contribution in [0.25, 0.3) is 0 Å². The maximum atomic E-state index is 5.46. The Morgan fingerprint density at radius 1 is 0.964 bits per heavy atom. The number of aryl methyl sites for hydroxylation is 1. The van der Waals surface area contributed by atoms with E-state index in [1.165, 1.54) is 16.7 Å². The number of fused-ring (bicyclic) bond motifs is 1. The highest BCUT2D eigenvalue weighted by molar-refractivity contribution is 5.56. The van der Waals surface area contributed by atoms with E-state index in [9.17, 15) is 0 Å². The van der Waals surface area contributed by atoms with Crippen LogP contribution in [0.4, 0.5) is 17.5 Å². The molecule has 6 nitrogen and oxygen atoms in total. The third-order valence-electron chi connectivity index (χ3n) is 4.99. The van der Waals surface area contributed by atoms with Crippen LogP contribution >= 0.6 is 0 Å². The molecule has 4 rings (SSSR count). The maximum Gasteiger partial charge on any atom is 0.229 e. The Kier molecular flexibility index (Phi) is 5.02. The van der Waals surface area contributed by atoms with E-state index < -0.39 is 0 Å². The van der Waals surface area contributed by atoms with Gasteiger partial charge in [-0.05, 0) is 54.8 Å². The molecule has 1 aromatic heterocycles. The molecule has 1 aliphatic rings. The van der Waals surface area contributed by atoms with Crippen molar-refractivity contribution in [3.63, 3.8) is 0 Å². The van der Waals surface area contributed by atoms with Gasteiger partial charge in [0.25, 0.3) is 0 Å². The monoisotopic (exact) mass is 376 g/mol. The van der Waals surface area contributed by atoms with Crippen LogP contribution in [0, 0.1) is 6.92 Å². The van der Waals surface area contributed by atoms with Crippen molar-refractivity contribution in [2.75, 3.05) is 31.0 Å². The van der Waals surface area contributed by atoms with Gasteiger partial charge in [-0.1, -0.05) is 17.7 Å². The van der Waals surface area contributed by atoms with Gasteiger partial charge in [-0.3, -0.25) is 0 Å². The second-order valence-electron chi connectivity index (χ2n) is 6.88. The van der Waals surface area contributed by atoms with Gasteiger partial charge in [-0.2, -0.15) is 4.98 Å². The molecule has 28 heavy (non-hydrogen) atoms. The fourth-order valence-electron chi connectivity index (χ4n) is 3.43.